The van der Waals surface area contributed by atoms with Gasteiger partial charge in [-0.1, -0.05) is 42.3 Å². The third kappa shape index (κ3) is 3.74. The van der Waals surface area contributed by atoms with Crippen LogP contribution in [0.25, 0.3) is 0 Å². The topological polar surface area (TPSA) is 70.6 Å². The van der Waals surface area contributed by atoms with E-state index < -0.39 is 0 Å². The molecule has 0 amide bonds. The summed E-state index contributed by atoms with van der Waals surface area (Å²) in [5.74, 6) is 1.17. The van der Waals surface area contributed by atoms with Gasteiger partial charge in [-0.2, -0.15) is 0 Å². The smallest absolute Gasteiger partial charge is 0.170 e. The molecule has 1 aromatic rings. The van der Waals surface area contributed by atoms with E-state index in [2.05, 4.69) is 10.5 Å². The van der Waals surface area contributed by atoms with Crippen LogP contribution >= 0.6 is 0 Å². The molecule has 1 fully saturated rings. The molecule has 4 nitrogen and oxygen atoms in total. The SMILES string of the molecule is N/C(=N/O)c1ccccc1CNCCCC1CC1. The molecular formula is C14H21N3O. The van der Waals surface area contributed by atoms with E-state index in [4.69, 9.17) is 10.9 Å². The molecule has 98 valence electrons. The van der Waals surface area contributed by atoms with Gasteiger partial charge in [-0.15, -0.1) is 0 Å². The third-order valence-electron chi connectivity index (χ3n) is 3.38. The minimum Gasteiger partial charge on any atom is -0.409 e. The van der Waals surface area contributed by atoms with Crippen LogP contribution in [0, 0.1) is 5.92 Å². The summed E-state index contributed by atoms with van der Waals surface area (Å²) in [4.78, 5) is 0. The molecule has 0 radical (unpaired) electrons. The van der Waals surface area contributed by atoms with Crippen molar-refractivity contribution in [1.82, 2.24) is 5.32 Å². The van der Waals surface area contributed by atoms with E-state index in [1.54, 1.807) is 0 Å². The van der Waals surface area contributed by atoms with Gasteiger partial charge in [0.15, 0.2) is 5.84 Å². The quantitative estimate of drug-likeness (QED) is 0.227. The summed E-state index contributed by atoms with van der Waals surface area (Å²) in [5, 5.41) is 15.2. The number of hydrogen-bond donors (Lipinski definition) is 3. The fourth-order valence-electron chi connectivity index (χ4n) is 2.12. The minimum absolute atomic E-state index is 0.172. The van der Waals surface area contributed by atoms with Crippen molar-refractivity contribution in [3.05, 3.63) is 35.4 Å². The van der Waals surface area contributed by atoms with Gasteiger partial charge in [-0.05, 0) is 30.9 Å². The van der Waals surface area contributed by atoms with Crippen molar-refractivity contribution in [3.63, 3.8) is 0 Å². The zero-order chi connectivity index (χ0) is 12.8. The zero-order valence-corrected chi connectivity index (χ0v) is 10.6. The van der Waals surface area contributed by atoms with Crippen LogP contribution in [0.15, 0.2) is 29.4 Å². The lowest BCUT2D eigenvalue weighted by Crippen LogP contribution is -2.20. The van der Waals surface area contributed by atoms with E-state index in [0.717, 1.165) is 30.1 Å². The summed E-state index contributed by atoms with van der Waals surface area (Å²) in [6.07, 6.45) is 5.42. The fraction of sp³-hybridized carbons (Fsp3) is 0.500. The largest absolute Gasteiger partial charge is 0.409 e. The monoisotopic (exact) mass is 247 g/mol. The molecular weight excluding hydrogens is 226 g/mol. The standard InChI is InChI=1S/C14H21N3O/c15-14(17-18)13-6-2-1-5-12(13)10-16-9-3-4-11-7-8-11/h1-2,5-6,11,16,18H,3-4,7-10H2,(H2,15,17). The van der Waals surface area contributed by atoms with Crippen LogP contribution in [0.1, 0.15) is 36.8 Å². The molecule has 4 N–H and O–H groups in total. The first-order valence-electron chi connectivity index (χ1n) is 6.58. The summed E-state index contributed by atoms with van der Waals surface area (Å²) in [7, 11) is 0. The van der Waals surface area contributed by atoms with Crippen LogP contribution < -0.4 is 11.1 Å². The Kier molecular flexibility index (Phi) is 4.59. The molecule has 1 aromatic carbocycles. The van der Waals surface area contributed by atoms with Crippen molar-refractivity contribution in [2.24, 2.45) is 16.8 Å². The number of oxime groups is 1. The molecule has 0 heterocycles. The molecule has 1 saturated carbocycles. The van der Waals surface area contributed by atoms with E-state index in [-0.39, 0.29) is 5.84 Å². The van der Waals surface area contributed by atoms with E-state index in [0.29, 0.717) is 0 Å². The van der Waals surface area contributed by atoms with Crippen molar-refractivity contribution < 1.29 is 5.21 Å². The van der Waals surface area contributed by atoms with Crippen LogP contribution in [0.3, 0.4) is 0 Å². The Morgan fingerprint density at radius 2 is 2.17 bits per heavy atom. The van der Waals surface area contributed by atoms with Gasteiger partial charge in [0.05, 0.1) is 0 Å². The normalized spacial score (nSPS) is 15.9. The number of nitrogens with zero attached hydrogens (tertiary/aromatic N) is 1. The first kappa shape index (κ1) is 12.9. The van der Waals surface area contributed by atoms with E-state index in [9.17, 15) is 0 Å². The summed E-state index contributed by atoms with van der Waals surface area (Å²) in [6.45, 7) is 1.79. The second-order valence-electron chi connectivity index (χ2n) is 4.90. The van der Waals surface area contributed by atoms with Crippen LogP contribution in [-0.2, 0) is 6.54 Å². The van der Waals surface area contributed by atoms with Gasteiger partial charge in [-0.25, -0.2) is 0 Å². The number of benzene rings is 1. The summed E-state index contributed by atoms with van der Waals surface area (Å²) < 4.78 is 0. The van der Waals surface area contributed by atoms with E-state index >= 15 is 0 Å². The number of nitrogens with one attached hydrogen (secondary N) is 1. The minimum atomic E-state index is 0.172. The highest BCUT2D eigenvalue weighted by Gasteiger charge is 2.19. The second-order valence-corrected chi connectivity index (χ2v) is 4.90. The van der Waals surface area contributed by atoms with Gasteiger partial charge in [0.25, 0.3) is 0 Å². The van der Waals surface area contributed by atoms with Gasteiger partial charge in [-0.3, -0.25) is 0 Å². The van der Waals surface area contributed by atoms with Crippen molar-refractivity contribution in [2.45, 2.75) is 32.2 Å². The van der Waals surface area contributed by atoms with Gasteiger partial charge < -0.3 is 16.3 Å². The Labute approximate surface area is 108 Å². The molecule has 0 aliphatic heterocycles. The predicted octanol–water partition coefficient (Wildman–Crippen LogP) is 2.06. The predicted molar refractivity (Wildman–Crippen MR) is 72.6 cm³/mol. The number of amidine groups is 1. The first-order chi connectivity index (χ1) is 8.81. The highest BCUT2D eigenvalue weighted by atomic mass is 16.4. The van der Waals surface area contributed by atoms with Gasteiger partial charge in [0.1, 0.15) is 0 Å². The van der Waals surface area contributed by atoms with Gasteiger partial charge in [0, 0.05) is 12.1 Å². The molecule has 0 spiro atoms. The molecule has 1 aliphatic rings. The average Bonchev–Trinajstić information content (AvgIpc) is 3.22. The number of hydrogen-bond acceptors (Lipinski definition) is 3. The van der Waals surface area contributed by atoms with E-state index in [1.165, 1.54) is 25.7 Å². The lowest BCUT2D eigenvalue weighted by Gasteiger charge is -2.09. The van der Waals surface area contributed by atoms with Crippen LogP contribution in [0.2, 0.25) is 0 Å². The maximum Gasteiger partial charge on any atom is 0.170 e. The molecule has 4 heteroatoms. The summed E-state index contributed by atoms with van der Waals surface area (Å²) in [5.41, 5.74) is 7.52. The van der Waals surface area contributed by atoms with Crippen LogP contribution in [-0.4, -0.2) is 17.6 Å². The Hall–Kier alpha value is -1.55. The molecule has 0 saturated heterocycles. The molecule has 0 aromatic heterocycles. The Morgan fingerprint density at radius 1 is 1.39 bits per heavy atom. The van der Waals surface area contributed by atoms with E-state index in [1.807, 2.05) is 24.3 Å². The molecule has 18 heavy (non-hydrogen) atoms. The van der Waals surface area contributed by atoms with Crippen LogP contribution in [0.4, 0.5) is 0 Å². The second kappa shape index (κ2) is 6.40. The van der Waals surface area contributed by atoms with Crippen molar-refractivity contribution in [2.75, 3.05) is 6.54 Å². The summed E-state index contributed by atoms with van der Waals surface area (Å²) in [6, 6.07) is 7.73. The highest BCUT2D eigenvalue weighted by Crippen LogP contribution is 2.33. The molecule has 0 atom stereocenters. The average molecular weight is 247 g/mol. The summed E-state index contributed by atoms with van der Waals surface area (Å²) >= 11 is 0. The molecule has 1 aliphatic carbocycles. The number of rotatable bonds is 7. The van der Waals surface area contributed by atoms with Gasteiger partial charge >= 0.3 is 0 Å². The first-order valence-corrected chi connectivity index (χ1v) is 6.58. The molecule has 0 bridgehead atoms. The lowest BCUT2D eigenvalue weighted by molar-refractivity contribution is 0.318. The highest BCUT2D eigenvalue weighted by molar-refractivity contribution is 5.98. The Balaban J connectivity index is 1.80. The van der Waals surface area contributed by atoms with Crippen molar-refractivity contribution in [1.29, 1.82) is 0 Å². The Morgan fingerprint density at radius 3 is 2.89 bits per heavy atom. The third-order valence-corrected chi connectivity index (χ3v) is 3.38. The van der Waals surface area contributed by atoms with Crippen molar-refractivity contribution in [3.8, 4) is 0 Å². The van der Waals surface area contributed by atoms with Crippen molar-refractivity contribution >= 4 is 5.84 Å². The molecule has 2 rings (SSSR count). The lowest BCUT2D eigenvalue weighted by atomic mass is 10.1. The maximum atomic E-state index is 8.73. The number of nitrogens with two attached hydrogens (primary N) is 1. The molecule has 0 unspecified atom stereocenters. The fourth-order valence-corrected chi connectivity index (χ4v) is 2.12. The van der Waals surface area contributed by atoms with Gasteiger partial charge in [0.2, 0.25) is 0 Å². The zero-order valence-electron chi connectivity index (χ0n) is 10.6. The maximum absolute atomic E-state index is 8.73. The Bertz CT molecular complexity index is 413. The van der Waals surface area contributed by atoms with Crippen LogP contribution in [0.5, 0.6) is 0 Å².